The molecule has 0 unspecified atom stereocenters. The SMILES string of the molecule is Cn1cccc1C(=O)N1CCC[C@]2(COCCN(c3cccc(F)c3)C2)C1. The van der Waals surface area contributed by atoms with Crippen LogP contribution in [-0.4, -0.2) is 54.8 Å². The number of amides is 1. The van der Waals surface area contributed by atoms with Crippen molar-refractivity contribution in [1.29, 1.82) is 0 Å². The van der Waals surface area contributed by atoms with E-state index in [1.54, 1.807) is 12.1 Å². The van der Waals surface area contributed by atoms with Crippen LogP contribution in [0.1, 0.15) is 23.3 Å². The maximum atomic E-state index is 13.7. The second-order valence-corrected chi connectivity index (χ2v) is 7.79. The minimum atomic E-state index is -0.226. The molecule has 3 heterocycles. The van der Waals surface area contributed by atoms with E-state index in [0.29, 0.717) is 25.5 Å². The molecule has 2 aromatic rings. The lowest BCUT2D eigenvalue weighted by atomic mass is 9.80. The summed E-state index contributed by atoms with van der Waals surface area (Å²) < 4.78 is 21.5. The monoisotopic (exact) mass is 371 g/mol. The zero-order chi connectivity index (χ0) is 18.9. The summed E-state index contributed by atoms with van der Waals surface area (Å²) in [5.74, 6) is -0.154. The standard InChI is InChI=1S/C21H26FN3O2/c1-23-9-3-7-19(23)20(26)25-10-4-8-21(15-25)14-24(11-12-27-16-21)18-6-2-5-17(22)13-18/h2-3,5-7,9,13H,4,8,10-12,14-16H2,1H3/t21-/m1/s1. The van der Waals surface area contributed by atoms with Crippen molar-refractivity contribution in [2.45, 2.75) is 12.8 Å². The number of carbonyl (C=O) groups is 1. The molecule has 1 amide bonds. The first-order chi connectivity index (χ1) is 13.1. The van der Waals surface area contributed by atoms with Crippen molar-refractivity contribution >= 4 is 11.6 Å². The van der Waals surface area contributed by atoms with E-state index in [1.165, 1.54) is 6.07 Å². The topological polar surface area (TPSA) is 37.7 Å². The molecule has 5 nitrogen and oxygen atoms in total. The number of anilines is 1. The summed E-state index contributed by atoms with van der Waals surface area (Å²) >= 11 is 0. The van der Waals surface area contributed by atoms with Crippen molar-refractivity contribution in [3.05, 3.63) is 54.1 Å². The Bertz CT molecular complexity index is 821. The normalized spacial score (nSPS) is 23.5. The molecule has 0 saturated carbocycles. The number of hydrogen-bond acceptors (Lipinski definition) is 3. The lowest BCUT2D eigenvalue weighted by Gasteiger charge is -2.44. The molecule has 27 heavy (non-hydrogen) atoms. The summed E-state index contributed by atoms with van der Waals surface area (Å²) in [6.45, 7) is 4.19. The van der Waals surface area contributed by atoms with Gasteiger partial charge in [-0.25, -0.2) is 4.39 Å². The first-order valence-corrected chi connectivity index (χ1v) is 9.55. The maximum Gasteiger partial charge on any atom is 0.270 e. The van der Waals surface area contributed by atoms with E-state index >= 15 is 0 Å². The Morgan fingerprint density at radius 3 is 2.85 bits per heavy atom. The third kappa shape index (κ3) is 3.72. The number of ether oxygens (including phenoxy) is 1. The van der Waals surface area contributed by atoms with Gasteiger partial charge in [-0.05, 0) is 43.2 Å². The second-order valence-electron chi connectivity index (χ2n) is 7.79. The van der Waals surface area contributed by atoms with Gasteiger partial charge in [0.05, 0.1) is 13.2 Å². The van der Waals surface area contributed by atoms with Gasteiger partial charge in [-0.3, -0.25) is 4.79 Å². The molecule has 4 rings (SSSR count). The molecule has 0 radical (unpaired) electrons. The lowest BCUT2D eigenvalue weighted by Crippen LogP contribution is -2.52. The third-order valence-electron chi connectivity index (χ3n) is 5.72. The summed E-state index contributed by atoms with van der Waals surface area (Å²) in [5.41, 5.74) is 1.47. The van der Waals surface area contributed by atoms with Gasteiger partial charge in [0, 0.05) is 50.5 Å². The molecular weight excluding hydrogens is 345 g/mol. The second kappa shape index (κ2) is 7.35. The van der Waals surface area contributed by atoms with Crippen LogP contribution in [0, 0.1) is 11.2 Å². The largest absolute Gasteiger partial charge is 0.379 e. The Morgan fingerprint density at radius 2 is 2.07 bits per heavy atom. The van der Waals surface area contributed by atoms with Crippen molar-refractivity contribution in [3.63, 3.8) is 0 Å². The fraction of sp³-hybridized carbons (Fsp3) is 0.476. The average molecular weight is 371 g/mol. The summed E-state index contributed by atoms with van der Waals surface area (Å²) in [5, 5.41) is 0. The number of carbonyl (C=O) groups excluding carboxylic acids is 1. The molecule has 2 saturated heterocycles. The highest BCUT2D eigenvalue weighted by molar-refractivity contribution is 5.92. The van der Waals surface area contributed by atoms with Gasteiger partial charge in [-0.1, -0.05) is 6.07 Å². The van der Waals surface area contributed by atoms with E-state index in [9.17, 15) is 9.18 Å². The summed E-state index contributed by atoms with van der Waals surface area (Å²) in [7, 11) is 1.90. The highest BCUT2D eigenvalue weighted by Gasteiger charge is 2.40. The summed E-state index contributed by atoms with van der Waals surface area (Å²) in [6.07, 6.45) is 3.86. The smallest absolute Gasteiger partial charge is 0.270 e. The Kier molecular flexibility index (Phi) is 4.91. The minimum absolute atomic E-state index is 0.0723. The van der Waals surface area contributed by atoms with Gasteiger partial charge in [0.15, 0.2) is 0 Å². The van der Waals surface area contributed by atoms with Crippen molar-refractivity contribution in [3.8, 4) is 0 Å². The van der Waals surface area contributed by atoms with Crippen LogP contribution < -0.4 is 4.90 Å². The fourth-order valence-corrected chi connectivity index (χ4v) is 4.36. The molecule has 0 aliphatic carbocycles. The van der Waals surface area contributed by atoms with Crippen LogP contribution >= 0.6 is 0 Å². The van der Waals surface area contributed by atoms with Crippen LogP contribution in [0.15, 0.2) is 42.6 Å². The van der Waals surface area contributed by atoms with E-state index in [4.69, 9.17) is 4.74 Å². The molecule has 1 aromatic heterocycles. The Labute approximate surface area is 159 Å². The molecule has 1 atom stereocenters. The average Bonchev–Trinajstić information content (AvgIpc) is 2.99. The van der Waals surface area contributed by atoms with E-state index in [1.807, 2.05) is 40.9 Å². The van der Waals surface area contributed by atoms with Crippen molar-refractivity contribution < 1.29 is 13.9 Å². The van der Waals surface area contributed by atoms with Crippen LogP contribution in [0.25, 0.3) is 0 Å². The Hall–Kier alpha value is -2.34. The van der Waals surface area contributed by atoms with Crippen LogP contribution in [0.3, 0.4) is 0 Å². The molecular formula is C21H26FN3O2. The number of rotatable bonds is 2. The van der Waals surface area contributed by atoms with Crippen LogP contribution in [0.5, 0.6) is 0 Å². The number of nitrogens with zero attached hydrogens (tertiary/aromatic N) is 3. The zero-order valence-corrected chi connectivity index (χ0v) is 15.7. The number of aromatic nitrogens is 1. The molecule has 6 heteroatoms. The molecule has 1 aromatic carbocycles. The van der Waals surface area contributed by atoms with E-state index < -0.39 is 0 Å². The van der Waals surface area contributed by atoms with Gasteiger partial charge < -0.3 is 19.1 Å². The van der Waals surface area contributed by atoms with Crippen LogP contribution in [0.4, 0.5) is 10.1 Å². The van der Waals surface area contributed by atoms with Gasteiger partial charge in [0.25, 0.3) is 5.91 Å². The number of benzene rings is 1. The quantitative estimate of drug-likeness (QED) is 0.815. The molecule has 2 aliphatic rings. The Balaban J connectivity index is 1.55. The number of halogens is 1. The summed E-state index contributed by atoms with van der Waals surface area (Å²) in [4.78, 5) is 17.1. The predicted octanol–water partition coefficient (Wildman–Crippen LogP) is 2.92. The summed E-state index contributed by atoms with van der Waals surface area (Å²) in [6, 6.07) is 10.5. The molecule has 144 valence electrons. The number of hydrogen-bond donors (Lipinski definition) is 0. The highest BCUT2D eigenvalue weighted by Crippen LogP contribution is 2.35. The number of piperidine rings is 1. The molecule has 1 spiro atoms. The molecule has 2 fully saturated rings. The maximum absolute atomic E-state index is 13.7. The van der Waals surface area contributed by atoms with Gasteiger partial charge in [0.2, 0.25) is 0 Å². The van der Waals surface area contributed by atoms with Gasteiger partial charge in [0.1, 0.15) is 11.5 Å². The van der Waals surface area contributed by atoms with Gasteiger partial charge in [-0.15, -0.1) is 0 Å². The third-order valence-corrected chi connectivity index (χ3v) is 5.72. The molecule has 0 bridgehead atoms. The van der Waals surface area contributed by atoms with Crippen LogP contribution in [0.2, 0.25) is 0 Å². The number of likely N-dealkylation sites (tertiary alicyclic amines) is 1. The van der Waals surface area contributed by atoms with Gasteiger partial charge >= 0.3 is 0 Å². The number of aryl methyl sites for hydroxylation is 1. The lowest BCUT2D eigenvalue weighted by molar-refractivity contribution is 0.0131. The van der Waals surface area contributed by atoms with Gasteiger partial charge in [-0.2, -0.15) is 0 Å². The van der Waals surface area contributed by atoms with Crippen molar-refractivity contribution in [1.82, 2.24) is 9.47 Å². The molecule has 0 N–H and O–H groups in total. The minimum Gasteiger partial charge on any atom is -0.379 e. The Morgan fingerprint density at radius 1 is 1.19 bits per heavy atom. The predicted molar refractivity (Wildman–Crippen MR) is 102 cm³/mol. The highest BCUT2D eigenvalue weighted by atomic mass is 19.1. The first kappa shape index (κ1) is 18.0. The van der Waals surface area contributed by atoms with E-state index in [2.05, 4.69) is 4.90 Å². The van der Waals surface area contributed by atoms with Crippen molar-refractivity contribution in [2.24, 2.45) is 12.5 Å². The molecule has 2 aliphatic heterocycles. The zero-order valence-electron chi connectivity index (χ0n) is 15.7. The first-order valence-electron chi connectivity index (χ1n) is 9.55. The van der Waals surface area contributed by atoms with Crippen molar-refractivity contribution in [2.75, 3.05) is 44.3 Å². The van der Waals surface area contributed by atoms with E-state index in [0.717, 1.165) is 38.2 Å². The van der Waals surface area contributed by atoms with Crippen LogP contribution in [-0.2, 0) is 11.8 Å². The fourth-order valence-electron chi connectivity index (χ4n) is 4.36. The van der Waals surface area contributed by atoms with E-state index in [-0.39, 0.29) is 17.1 Å².